The number of rotatable bonds is 2. The number of benzene rings is 1. The zero-order valence-corrected chi connectivity index (χ0v) is 11.7. The number of Topliss-reactive ketones (excluding diaryl/α,β-unsaturated/α-hetero) is 1. The SMILES string of the molecule is Cc1ccccc1C(=O)C1CCOC2(CCCC2)C1. The van der Waals surface area contributed by atoms with Crippen LogP contribution in [0.5, 0.6) is 0 Å². The number of ketones is 1. The van der Waals surface area contributed by atoms with Gasteiger partial charge in [0.1, 0.15) is 0 Å². The molecule has 1 heterocycles. The van der Waals surface area contributed by atoms with E-state index in [0.29, 0.717) is 5.78 Å². The number of carbonyl (C=O) groups is 1. The first-order chi connectivity index (χ1) is 9.20. The molecule has 102 valence electrons. The van der Waals surface area contributed by atoms with Crippen molar-refractivity contribution >= 4 is 5.78 Å². The summed E-state index contributed by atoms with van der Waals surface area (Å²) in [7, 11) is 0. The molecule has 1 atom stereocenters. The molecule has 1 aromatic rings. The van der Waals surface area contributed by atoms with Gasteiger partial charge in [0.2, 0.25) is 0 Å². The molecule has 1 unspecified atom stereocenters. The highest BCUT2D eigenvalue weighted by Crippen LogP contribution is 2.42. The third kappa shape index (κ3) is 2.46. The molecule has 0 bridgehead atoms. The van der Waals surface area contributed by atoms with Crippen molar-refractivity contribution in [1.82, 2.24) is 0 Å². The predicted molar refractivity (Wildman–Crippen MR) is 75.4 cm³/mol. The summed E-state index contributed by atoms with van der Waals surface area (Å²) in [5.41, 5.74) is 2.03. The Balaban J connectivity index is 1.78. The number of aryl methyl sites for hydroxylation is 1. The lowest BCUT2D eigenvalue weighted by Gasteiger charge is -2.37. The van der Waals surface area contributed by atoms with Gasteiger partial charge in [-0.2, -0.15) is 0 Å². The van der Waals surface area contributed by atoms with Crippen molar-refractivity contribution in [2.75, 3.05) is 6.61 Å². The van der Waals surface area contributed by atoms with Gasteiger partial charge in [-0.3, -0.25) is 4.79 Å². The molecule has 1 saturated carbocycles. The molecule has 1 saturated heterocycles. The molecular formula is C17H22O2. The van der Waals surface area contributed by atoms with Gasteiger partial charge >= 0.3 is 0 Å². The molecule has 2 nitrogen and oxygen atoms in total. The monoisotopic (exact) mass is 258 g/mol. The van der Waals surface area contributed by atoms with E-state index in [4.69, 9.17) is 4.74 Å². The standard InChI is InChI=1S/C17H22O2/c1-13-6-2-3-7-15(13)16(18)14-8-11-19-17(12-14)9-4-5-10-17/h2-3,6-7,14H,4-5,8-12H2,1H3. The van der Waals surface area contributed by atoms with Gasteiger partial charge in [0, 0.05) is 18.1 Å². The van der Waals surface area contributed by atoms with Crippen molar-refractivity contribution in [2.24, 2.45) is 5.92 Å². The van der Waals surface area contributed by atoms with Crippen molar-refractivity contribution in [2.45, 2.75) is 51.0 Å². The van der Waals surface area contributed by atoms with Crippen LogP contribution in [-0.2, 0) is 4.74 Å². The van der Waals surface area contributed by atoms with Gasteiger partial charge in [-0.05, 0) is 38.2 Å². The van der Waals surface area contributed by atoms with Crippen LogP contribution in [0.25, 0.3) is 0 Å². The van der Waals surface area contributed by atoms with E-state index >= 15 is 0 Å². The van der Waals surface area contributed by atoms with Gasteiger partial charge < -0.3 is 4.74 Å². The van der Waals surface area contributed by atoms with Crippen LogP contribution in [0.1, 0.15) is 54.4 Å². The van der Waals surface area contributed by atoms with Crippen molar-refractivity contribution in [3.8, 4) is 0 Å². The highest BCUT2D eigenvalue weighted by molar-refractivity contribution is 5.99. The first-order valence-electron chi connectivity index (χ1n) is 7.44. The van der Waals surface area contributed by atoms with Gasteiger partial charge in [0.15, 0.2) is 5.78 Å². The zero-order chi connectivity index (χ0) is 13.3. The van der Waals surface area contributed by atoms with Gasteiger partial charge in [-0.25, -0.2) is 0 Å². The Labute approximate surface area is 115 Å². The number of ether oxygens (including phenoxy) is 1. The van der Waals surface area contributed by atoms with Gasteiger partial charge in [-0.15, -0.1) is 0 Å². The Morgan fingerprint density at radius 3 is 2.74 bits per heavy atom. The highest BCUT2D eigenvalue weighted by atomic mass is 16.5. The lowest BCUT2D eigenvalue weighted by molar-refractivity contribution is -0.0866. The minimum absolute atomic E-state index is 0.0290. The van der Waals surface area contributed by atoms with E-state index in [9.17, 15) is 4.79 Å². The molecule has 0 amide bonds. The molecule has 1 spiro atoms. The third-order valence-corrected chi connectivity index (χ3v) is 4.79. The molecule has 1 aromatic carbocycles. The van der Waals surface area contributed by atoms with E-state index in [1.165, 1.54) is 12.8 Å². The highest BCUT2D eigenvalue weighted by Gasteiger charge is 2.42. The molecular weight excluding hydrogens is 236 g/mol. The summed E-state index contributed by atoms with van der Waals surface area (Å²) in [6, 6.07) is 7.95. The van der Waals surface area contributed by atoms with Crippen molar-refractivity contribution in [3.63, 3.8) is 0 Å². The first-order valence-corrected chi connectivity index (χ1v) is 7.44. The third-order valence-electron chi connectivity index (χ3n) is 4.79. The Morgan fingerprint density at radius 2 is 2.00 bits per heavy atom. The Morgan fingerprint density at radius 1 is 1.26 bits per heavy atom. The summed E-state index contributed by atoms with van der Waals surface area (Å²) in [4.78, 5) is 12.7. The predicted octanol–water partition coefficient (Wildman–Crippen LogP) is 3.92. The number of hydrogen-bond donors (Lipinski definition) is 0. The summed E-state index contributed by atoms with van der Waals surface area (Å²) >= 11 is 0. The summed E-state index contributed by atoms with van der Waals surface area (Å²) in [6.45, 7) is 2.78. The summed E-state index contributed by atoms with van der Waals surface area (Å²) in [5.74, 6) is 0.487. The Bertz CT molecular complexity index is 472. The van der Waals surface area contributed by atoms with Gasteiger partial charge in [0.25, 0.3) is 0 Å². The quantitative estimate of drug-likeness (QED) is 0.752. The van der Waals surface area contributed by atoms with E-state index < -0.39 is 0 Å². The zero-order valence-electron chi connectivity index (χ0n) is 11.7. The molecule has 1 aliphatic heterocycles. The normalized spacial score (nSPS) is 25.6. The molecule has 0 N–H and O–H groups in total. The fraction of sp³-hybridized carbons (Fsp3) is 0.588. The lowest BCUT2D eigenvalue weighted by atomic mass is 9.80. The van der Waals surface area contributed by atoms with Crippen molar-refractivity contribution in [3.05, 3.63) is 35.4 Å². The van der Waals surface area contributed by atoms with Crippen LogP contribution in [0.2, 0.25) is 0 Å². The van der Waals surface area contributed by atoms with Crippen molar-refractivity contribution in [1.29, 1.82) is 0 Å². The second-order valence-electron chi connectivity index (χ2n) is 6.11. The Kier molecular flexibility index (Phi) is 3.44. The smallest absolute Gasteiger partial charge is 0.166 e. The average Bonchev–Trinajstić information content (AvgIpc) is 2.86. The first kappa shape index (κ1) is 12.9. The maximum atomic E-state index is 12.7. The molecule has 19 heavy (non-hydrogen) atoms. The largest absolute Gasteiger partial charge is 0.375 e. The molecule has 1 aliphatic carbocycles. The van der Waals surface area contributed by atoms with E-state index in [1.54, 1.807) is 0 Å². The Hall–Kier alpha value is -1.15. The fourth-order valence-electron chi connectivity index (χ4n) is 3.69. The van der Waals surface area contributed by atoms with Crippen LogP contribution in [-0.4, -0.2) is 18.0 Å². The van der Waals surface area contributed by atoms with E-state index in [2.05, 4.69) is 0 Å². The second kappa shape index (κ2) is 5.09. The minimum Gasteiger partial charge on any atom is -0.375 e. The van der Waals surface area contributed by atoms with Crippen LogP contribution < -0.4 is 0 Å². The van der Waals surface area contributed by atoms with Gasteiger partial charge in [0.05, 0.1) is 5.60 Å². The maximum Gasteiger partial charge on any atom is 0.166 e. The lowest BCUT2D eigenvalue weighted by Crippen LogP contribution is -2.39. The van der Waals surface area contributed by atoms with Crippen LogP contribution >= 0.6 is 0 Å². The molecule has 3 rings (SSSR count). The molecule has 0 aromatic heterocycles. The number of carbonyl (C=O) groups excluding carboxylic acids is 1. The summed E-state index contributed by atoms with van der Waals surface area (Å²) in [5, 5.41) is 0. The van der Waals surface area contributed by atoms with Crippen LogP contribution in [0.3, 0.4) is 0 Å². The van der Waals surface area contributed by atoms with E-state index in [-0.39, 0.29) is 11.5 Å². The van der Waals surface area contributed by atoms with E-state index in [1.807, 2.05) is 31.2 Å². The number of hydrogen-bond acceptors (Lipinski definition) is 2. The average molecular weight is 258 g/mol. The maximum absolute atomic E-state index is 12.7. The van der Waals surface area contributed by atoms with Crippen LogP contribution in [0, 0.1) is 12.8 Å². The van der Waals surface area contributed by atoms with Crippen LogP contribution in [0.4, 0.5) is 0 Å². The molecule has 2 heteroatoms. The molecule has 2 fully saturated rings. The summed E-state index contributed by atoms with van der Waals surface area (Å²) in [6.07, 6.45) is 6.61. The fourth-order valence-corrected chi connectivity index (χ4v) is 3.69. The topological polar surface area (TPSA) is 26.3 Å². The molecule has 0 radical (unpaired) electrons. The molecule has 2 aliphatic rings. The van der Waals surface area contributed by atoms with Crippen molar-refractivity contribution < 1.29 is 9.53 Å². The summed E-state index contributed by atoms with van der Waals surface area (Å²) < 4.78 is 6.02. The minimum atomic E-state index is 0.0290. The van der Waals surface area contributed by atoms with E-state index in [0.717, 1.165) is 43.4 Å². The second-order valence-corrected chi connectivity index (χ2v) is 6.11. The van der Waals surface area contributed by atoms with Gasteiger partial charge in [-0.1, -0.05) is 37.1 Å². The van der Waals surface area contributed by atoms with Crippen LogP contribution in [0.15, 0.2) is 24.3 Å².